The Labute approximate surface area is 114 Å². The number of carbonyl (C=O) groups is 2. The summed E-state index contributed by atoms with van der Waals surface area (Å²) in [6, 6.07) is 2.48. The fourth-order valence-electron chi connectivity index (χ4n) is 1.70. The quantitative estimate of drug-likeness (QED) is 0.857. The largest absolute Gasteiger partial charge is 0.416 e. The molecular weight excluding hydrogens is 329 g/mol. The van der Waals surface area contributed by atoms with Crippen molar-refractivity contribution in [3.8, 4) is 0 Å². The third-order valence-electron chi connectivity index (χ3n) is 2.58. The molecule has 1 fully saturated rings. The molecule has 0 aliphatic carbocycles. The number of imide groups is 1. The maximum Gasteiger partial charge on any atom is 0.416 e. The minimum absolute atomic E-state index is 0.0540. The van der Waals surface area contributed by atoms with Gasteiger partial charge in [0, 0.05) is 23.1 Å². The molecule has 1 aromatic rings. The molecule has 0 aromatic heterocycles. The predicted octanol–water partition coefficient (Wildman–Crippen LogP) is 2.91. The molecular formula is C11H8BrF3N2O2. The van der Waals surface area contributed by atoms with Crippen LogP contribution in [0.25, 0.3) is 0 Å². The molecule has 0 radical (unpaired) electrons. The number of alkyl halides is 3. The highest BCUT2D eigenvalue weighted by molar-refractivity contribution is 9.10. The molecule has 4 nitrogen and oxygen atoms in total. The van der Waals surface area contributed by atoms with Gasteiger partial charge in [-0.05, 0) is 18.2 Å². The number of nitrogens with zero attached hydrogens (tertiary/aromatic N) is 1. The molecule has 0 spiro atoms. The van der Waals surface area contributed by atoms with Crippen LogP contribution in [0.3, 0.4) is 0 Å². The summed E-state index contributed by atoms with van der Waals surface area (Å²) in [5.74, 6) is -0.438. The summed E-state index contributed by atoms with van der Waals surface area (Å²) in [6.07, 6.45) is -4.44. The van der Waals surface area contributed by atoms with Crippen LogP contribution >= 0.6 is 15.9 Å². The average Bonchev–Trinajstić information content (AvgIpc) is 2.26. The standard InChI is InChI=1S/C11H8BrF3N2O2/c12-7-3-6(11(13,14)15)4-8(5-7)17-2-1-9(18)16-10(17)19/h3-5H,1-2H2,(H,16,18,19). The molecule has 0 bridgehead atoms. The molecule has 1 aliphatic rings. The van der Waals surface area contributed by atoms with Crippen molar-refractivity contribution < 1.29 is 22.8 Å². The normalized spacial score (nSPS) is 16.5. The van der Waals surface area contributed by atoms with Crippen LogP contribution in [0.5, 0.6) is 0 Å². The highest BCUT2D eigenvalue weighted by Crippen LogP contribution is 2.34. The van der Waals surface area contributed by atoms with E-state index in [1.54, 1.807) is 0 Å². The summed E-state index contributed by atoms with van der Waals surface area (Å²) in [7, 11) is 0. The van der Waals surface area contributed by atoms with Gasteiger partial charge in [-0.15, -0.1) is 0 Å². The Kier molecular flexibility index (Phi) is 3.53. The summed E-state index contributed by atoms with van der Waals surface area (Å²) in [5.41, 5.74) is -0.770. The number of anilines is 1. The lowest BCUT2D eigenvalue weighted by Crippen LogP contribution is -2.49. The van der Waals surface area contributed by atoms with Gasteiger partial charge in [0.15, 0.2) is 0 Å². The second-order valence-corrected chi connectivity index (χ2v) is 4.87. The minimum Gasteiger partial charge on any atom is -0.294 e. The topological polar surface area (TPSA) is 49.4 Å². The van der Waals surface area contributed by atoms with Gasteiger partial charge in [-0.2, -0.15) is 13.2 Å². The van der Waals surface area contributed by atoms with Gasteiger partial charge in [0.1, 0.15) is 0 Å². The van der Waals surface area contributed by atoms with Crippen LogP contribution in [0.15, 0.2) is 22.7 Å². The Bertz CT molecular complexity index is 545. The number of nitrogens with one attached hydrogen (secondary N) is 1. The van der Waals surface area contributed by atoms with E-state index in [9.17, 15) is 22.8 Å². The van der Waals surface area contributed by atoms with E-state index in [0.29, 0.717) is 0 Å². The maximum absolute atomic E-state index is 12.7. The van der Waals surface area contributed by atoms with Crippen LogP contribution < -0.4 is 10.2 Å². The fourth-order valence-corrected chi connectivity index (χ4v) is 2.19. The number of hydrogen-bond donors (Lipinski definition) is 1. The Morgan fingerprint density at radius 1 is 1.21 bits per heavy atom. The van der Waals surface area contributed by atoms with E-state index >= 15 is 0 Å². The number of hydrogen-bond acceptors (Lipinski definition) is 2. The number of halogens is 4. The second kappa shape index (κ2) is 4.84. The molecule has 0 saturated carbocycles. The SMILES string of the molecule is O=C1CCN(c2cc(Br)cc(C(F)(F)F)c2)C(=O)N1. The van der Waals surface area contributed by atoms with Crippen molar-refractivity contribution in [2.24, 2.45) is 0 Å². The molecule has 102 valence electrons. The summed E-state index contributed by atoms with van der Waals surface area (Å²) >= 11 is 2.98. The Morgan fingerprint density at radius 3 is 2.47 bits per heavy atom. The van der Waals surface area contributed by atoms with Gasteiger partial charge in [-0.3, -0.25) is 15.0 Å². The average molecular weight is 337 g/mol. The van der Waals surface area contributed by atoms with Crippen molar-refractivity contribution >= 4 is 33.6 Å². The Balaban J connectivity index is 2.37. The minimum atomic E-state index is -4.50. The number of amides is 3. The first-order chi connectivity index (χ1) is 8.77. The fraction of sp³-hybridized carbons (Fsp3) is 0.273. The van der Waals surface area contributed by atoms with Gasteiger partial charge in [0.05, 0.1) is 5.56 Å². The Morgan fingerprint density at radius 2 is 1.89 bits per heavy atom. The number of benzene rings is 1. The van der Waals surface area contributed by atoms with Crippen molar-refractivity contribution in [3.05, 3.63) is 28.2 Å². The van der Waals surface area contributed by atoms with E-state index in [-0.39, 0.29) is 23.1 Å². The van der Waals surface area contributed by atoms with Gasteiger partial charge in [0.25, 0.3) is 0 Å². The van der Waals surface area contributed by atoms with Crippen LogP contribution in [0.1, 0.15) is 12.0 Å². The Hall–Kier alpha value is -1.57. The van der Waals surface area contributed by atoms with E-state index in [4.69, 9.17) is 0 Å². The van der Waals surface area contributed by atoms with Gasteiger partial charge in [-0.25, -0.2) is 4.79 Å². The molecule has 1 N–H and O–H groups in total. The van der Waals surface area contributed by atoms with Crippen LogP contribution in [-0.4, -0.2) is 18.5 Å². The lowest BCUT2D eigenvalue weighted by Gasteiger charge is -2.27. The van der Waals surface area contributed by atoms with Crippen LogP contribution in [-0.2, 0) is 11.0 Å². The molecule has 8 heteroatoms. The van der Waals surface area contributed by atoms with Gasteiger partial charge >= 0.3 is 12.2 Å². The molecule has 1 saturated heterocycles. The van der Waals surface area contributed by atoms with E-state index in [1.165, 1.54) is 6.07 Å². The number of rotatable bonds is 1. The molecule has 19 heavy (non-hydrogen) atoms. The zero-order valence-corrected chi connectivity index (χ0v) is 11.0. The molecule has 2 rings (SSSR count). The highest BCUT2D eigenvalue weighted by Gasteiger charge is 2.33. The van der Waals surface area contributed by atoms with Crippen LogP contribution in [0.4, 0.5) is 23.7 Å². The molecule has 3 amide bonds. The smallest absolute Gasteiger partial charge is 0.294 e. The lowest BCUT2D eigenvalue weighted by atomic mass is 10.1. The summed E-state index contributed by atoms with van der Waals surface area (Å²) in [4.78, 5) is 23.7. The molecule has 1 heterocycles. The van der Waals surface area contributed by atoms with Gasteiger partial charge < -0.3 is 0 Å². The molecule has 1 aliphatic heterocycles. The monoisotopic (exact) mass is 336 g/mol. The van der Waals surface area contributed by atoms with Gasteiger partial charge in [0.2, 0.25) is 5.91 Å². The second-order valence-electron chi connectivity index (χ2n) is 3.95. The van der Waals surface area contributed by atoms with Crippen molar-refractivity contribution in [2.75, 3.05) is 11.4 Å². The predicted molar refractivity (Wildman–Crippen MR) is 64.6 cm³/mol. The first kappa shape index (κ1) is 13.9. The number of carbonyl (C=O) groups excluding carboxylic acids is 2. The summed E-state index contributed by atoms with van der Waals surface area (Å²) in [5, 5.41) is 2.06. The highest BCUT2D eigenvalue weighted by atomic mass is 79.9. The molecule has 0 unspecified atom stereocenters. The first-order valence-corrected chi connectivity index (χ1v) is 6.06. The van der Waals surface area contributed by atoms with Crippen LogP contribution in [0, 0.1) is 0 Å². The van der Waals surface area contributed by atoms with E-state index in [0.717, 1.165) is 17.0 Å². The molecule has 0 atom stereocenters. The summed E-state index contributed by atoms with van der Waals surface area (Å²) in [6.45, 7) is 0.0540. The zero-order chi connectivity index (χ0) is 14.2. The van der Waals surface area contributed by atoms with E-state index < -0.39 is 23.7 Å². The first-order valence-electron chi connectivity index (χ1n) is 5.26. The number of urea groups is 1. The third kappa shape index (κ3) is 3.06. The van der Waals surface area contributed by atoms with Crippen molar-refractivity contribution in [1.29, 1.82) is 0 Å². The van der Waals surface area contributed by atoms with Gasteiger partial charge in [-0.1, -0.05) is 15.9 Å². The van der Waals surface area contributed by atoms with Crippen LogP contribution in [0.2, 0.25) is 0 Å². The van der Waals surface area contributed by atoms with Crippen molar-refractivity contribution in [3.63, 3.8) is 0 Å². The zero-order valence-electron chi connectivity index (χ0n) is 9.42. The summed E-state index contributed by atoms with van der Waals surface area (Å²) < 4.78 is 38.3. The maximum atomic E-state index is 12.7. The van der Waals surface area contributed by atoms with E-state index in [1.807, 2.05) is 0 Å². The lowest BCUT2D eigenvalue weighted by molar-refractivity contribution is -0.137. The van der Waals surface area contributed by atoms with Crippen molar-refractivity contribution in [2.45, 2.75) is 12.6 Å². The van der Waals surface area contributed by atoms with E-state index in [2.05, 4.69) is 21.2 Å². The molecule has 1 aromatic carbocycles. The third-order valence-corrected chi connectivity index (χ3v) is 3.03. The van der Waals surface area contributed by atoms with Crippen molar-refractivity contribution in [1.82, 2.24) is 5.32 Å².